The summed E-state index contributed by atoms with van der Waals surface area (Å²) in [4.78, 5) is 14.2. The number of H-pyrrole nitrogens is 1. The molecule has 1 aliphatic carbocycles. The van der Waals surface area contributed by atoms with E-state index in [-0.39, 0.29) is 17.4 Å². The van der Waals surface area contributed by atoms with Crippen LogP contribution in [0.2, 0.25) is 0 Å². The number of fused-ring (bicyclic) bond motifs is 1. The van der Waals surface area contributed by atoms with E-state index in [9.17, 15) is 18.3 Å². The summed E-state index contributed by atoms with van der Waals surface area (Å²) in [5.41, 5.74) is -1.23. The van der Waals surface area contributed by atoms with Gasteiger partial charge in [-0.25, -0.2) is 8.42 Å². The molecule has 0 radical (unpaired) electrons. The largest absolute Gasteiger partial charge is 0.390 e. The molecule has 2 unspecified atom stereocenters. The Morgan fingerprint density at radius 1 is 1.33 bits per heavy atom. The summed E-state index contributed by atoms with van der Waals surface area (Å²) < 4.78 is 26.6. The number of nitrogens with zero attached hydrogens (tertiary/aromatic N) is 1. The SMILES string of the molecule is O=c1cc[nH]cc1S(=O)(=O)N1CCC2(O)CCCCC2C1. The Morgan fingerprint density at radius 3 is 2.90 bits per heavy atom. The van der Waals surface area contributed by atoms with E-state index < -0.39 is 21.1 Å². The Balaban J connectivity index is 1.88. The van der Waals surface area contributed by atoms with Crippen LogP contribution < -0.4 is 5.43 Å². The summed E-state index contributed by atoms with van der Waals surface area (Å²) in [6.07, 6.45) is 6.70. The van der Waals surface area contributed by atoms with Crippen LogP contribution in [0.3, 0.4) is 0 Å². The number of hydrogen-bond acceptors (Lipinski definition) is 4. The molecule has 1 saturated heterocycles. The number of sulfonamides is 1. The first-order valence-electron chi connectivity index (χ1n) is 7.33. The lowest BCUT2D eigenvalue weighted by molar-refractivity contribution is -0.0816. The molecule has 116 valence electrons. The highest BCUT2D eigenvalue weighted by atomic mass is 32.2. The highest BCUT2D eigenvalue weighted by Crippen LogP contribution is 2.40. The van der Waals surface area contributed by atoms with Crippen molar-refractivity contribution in [3.05, 3.63) is 28.7 Å². The average molecular weight is 312 g/mol. The predicted octanol–water partition coefficient (Wildman–Crippen LogP) is 0.691. The minimum absolute atomic E-state index is 0.0300. The smallest absolute Gasteiger partial charge is 0.248 e. The molecule has 7 heteroatoms. The maximum Gasteiger partial charge on any atom is 0.248 e. The molecule has 0 bridgehead atoms. The van der Waals surface area contributed by atoms with Crippen LogP contribution in [0.5, 0.6) is 0 Å². The van der Waals surface area contributed by atoms with Crippen molar-refractivity contribution in [2.24, 2.45) is 5.92 Å². The van der Waals surface area contributed by atoms with Gasteiger partial charge in [0.2, 0.25) is 15.5 Å². The molecule has 0 aromatic carbocycles. The van der Waals surface area contributed by atoms with E-state index in [4.69, 9.17) is 0 Å². The van der Waals surface area contributed by atoms with E-state index in [0.29, 0.717) is 13.0 Å². The van der Waals surface area contributed by atoms with Crippen molar-refractivity contribution >= 4 is 10.0 Å². The minimum Gasteiger partial charge on any atom is -0.390 e. The van der Waals surface area contributed by atoms with Crippen LogP contribution in [0.4, 0.5) is 0 Å². The highest BCUT2D eigenvalue weighted by Gasteiger charge is 2.45. The van der Waals surface area contributed by atoms with Crippen LogP contribution in [0.15, 0.2) is 28.2 Å². The Kier molecular flexibility index (Phi) is 3.67. The fraction of sp³-hybridized carbons (Fsp3) is 0.643. The van der Waals surface area contributed by atoms with Crippen molar-refractivity contribution in [3.8, 4) is 0 Å². The van der Waals surface area contributed by atoms with Gasteiger partial charge in [0.15, 0.2) is 0 Å². The number of nitrogens with one attached hydrogen (secondary N) is 1. The van der Waals surface area contributed by atoms with Crippen LogP contribution in [0, 0.1) is 5.92 Å². The normalized spacial score (nSPS) is 30.8. The molecule has 1 aromatic heterocycles. The zero-order valence-electron chi connectivity index (χ0n) is 11.8. The first kappa shape index (κ1) is 14.7. The molecular weight excluding hydrogens is 292 g/mol. The number of rotatable bonds is 2. The first-order valence-corrected chi connectivity index (χ1v) is 8.77. The number of hydrogen-bond donors (Lipinski definition) is 2. The van der Waals surface area contributed by atoms with Crippen molar-refractivity contribution in [2.75, 3.05) is 13.1 Å². The lowest BCUT2D eigenvalue weighted by Gasteiger charge is -2.46. The summed E-state index contributed by atoms with van der Waals surface area (Å²) in [5.74, 6) is -0.0300. The maximum atomic E-state index is 12.6. The number of aromatic amines is 1. The van der Waals surface area contributed by atoms with Gasteiger partial charge in [0.05, 0.1) is 5.60 Å². The Morgan fingerprint density at radius 2 is 2.14 bits per heavy atom. The number of pyridine rings is 1. The van der Waals surface area contributed by atoms with E-state index in [1.54, 1.807) is 0 Å². The molecule has 0 amide bonds. The fourth-order valence-corrected chi connectivity index (χ4v) is 5.03. The lowest BCUT2D eigenvalue weighted by Crippen LogP contribution is -2.54. The molecule has 1 aliphatic heterocycles. The number of aliphatic hydroxyl groups is 1. The molecule has 0 spiro atoms. The Labute approximate surface area is 123 Å². The van der Waals surface area contributed by atoms with Crippen LogP contribution in [0.1, 0.15) is 32.1 Å². The van der Waals surface area contributed by atoms with Gasteiger partial charge in [0, 0.05) is 37.5 Å². The predicted molar refractivity (Wildman–Crippen MR) is 77.3 cm³/mol. The maximum absolute atomic E-state index is 12.6. The van der Waals surface area contributed by atoms with Crippen LogP contribution in [-0.2, 0) is 10.0 Å². The van der Waals surface area contributed by atoms with Gasteiger partial charge in [-0.3, -0.25) is 4.79 Å². The summed E-state index contributed by atoms with van der Waals surface area (Å²) in [5, 5.41) is 10.6. The molecule has 2 aliphatic rings. The summed E-state index contributed by atoms with van der Waals surface area (Å²) in [6.45, 7) is 0.566. The molecule has 2 fully saturated rings. The van der Waals surface area contributed by atoms with E-state index >= 15 is 0 Å². The average Bonchev–Trinajstić information content (AvgIpc) is 2.46. The van der Waals surface area contributed by atoms with E-state index in [0.717, 1.165) is 25.7 Å². The van der Waals surface area contributed by atoms with Gasteiger partial charge in [-0.2, -0.15) is 4.31 Å². The van der Waals surface area contributed by atoms with Crippen molar-refractivity contribution in [3.63, 3.8) is 0 Å². The second kappa shape index (κ2) is 5.23. The summed E-state index contributed by atoms with van der Waals surface area (Å²) >= 11 is 0. The van der Waals surface area contributed by atoms with Gasteiger partial charge in [-0.15, -0.1) is 0 Å². The topological polar surface area (TPSA) is 90.5 Å². The molecule has 1 saturated carbocycles. The molecule has 1 aromatic rings. The first-order chi connectivity index (χ1) is 9.93. The zero-order chi connectivity index (χ0) is 15.1. The Hall–Kier alpha value is -1.18. The molecule has 2 N–H and O–H groups in total. The minimum atomic E-state index is -3.79. The molecule has 6 nitrogen and oxygen atoms in total. The van der Waals surface area contributed by atoms with E-state index in [1.165, 1.54) is 22.8 Å². The third-order valence-electron chi connectivity index (χ3n) is 4.80. The number of piperidine rings is 1. The molecular formula is C14H20N2O4S. The summed E-state index contributed by atoms with van der Waals surface area (Å²) in [6, 6.07) is 1.22. The van der Waals surface area contributed by atoms with Crippen molar-refractivity contribution in [1.82, 2.24) is 9.29 Å². The monoisotopic (exact) mass is 312 g/mol. The highest BCUT2D eigenvalue weighted by molar-refractivity contribution is 7.89. The zero-order valence-corrected chi connectivity index (χ0v) is 12.6. The van der Waals surface area contributed by atoms with E-state index in [2.05, 4.69) is 4.98 Å². The second-order valence-corrected chi connectivity index (χ2v) is 7.94. The molecule has 2 atom stereocenters. The van der Waals surface area contributed by atoms with Crippen molar-refractivity contribution in [1.29, 1.82) is 0 Å². The van der Waals surface area contributed by atoms with E-state index in [1.807, 2.05) is 0 Å². The summed E-state index contributed by atoms with van der Waals surface area (Å²) in [7, 11) is -3.79. The molecule has 3 rings (SSSR count). The van der Waals surface area contributed by atoms with Gasteiger partial charge in [-0.1, -0.05) is 12.8 Å². The van der Waals surface area contributed by atoms with Crippen LogP contribution in [-0.4, -0.2) is 41.5 Å². The Bertz CT molecular complexity index is 684. The van der Waals surface area contributed by atoms with Crippen molar-refractivity contribution in [2.45, 2.75) is 42.6 Å². The van der Waals surface area contributed by atoms with Gasteiger partial charge in [-0.05, 0) is 19.3 Å². The second-order valence-electron chi connectivity index (χ2n) is 6.03. The van der Waals surface area contributed by atoms with Crippen molar-refractivity contribution < 1.29 is 13.5 Å². The van der Waals surface area contributed by atoms with Gasteiger partial charge >= 0.3 is 0 Å². The van der Waals surface area contributed by atoms with Gasteiger partial charge in [0.1, 0.15) is 4.90 Å². The molecule has 21 heavy (non-hydrogen) atoms. The lowest BCUT2D eigenvalue weighted by atomic mass is 9.72. The quantitative estimate of drug-likeness (QED) is 0.840. The fourth-order valence-electron chi connectivity index (χ4n) is 3.50. The van der Waals surface area contributed by atoms with Gasteiger partial charge in [0.25, 0.3) is 0 Å². The number of aromatic nitrogens is 1. The standard InChI is InChI=1S/C14H20N2O4S/c17-12-4-7-15-9-13(12)21(19,20)16-8-6-14(18)5-2-1-3-11(14)10-16/h4,7,9,11,18H,1-3,5-6,8,10H2,(H,15,17). The third kappa shape index (κ3) is 2.54. The van der Waals surface area contributed by atoms with Crippen LogP contribution in [0.25, 0.3) is 0 Å². The van der Waals surface area contributed by atoms with Gasteiger partial charge < -0.3 is 10.1 Å². The van der Waals surface area contributed by atoms with Crippen LogP contribution >= 0.6 is 0 Å². The third-order valence-corrected chi connectivity index (χ3v) is 6.68. The molecule has 2 heterocycles.